The van der Waals surface area contributed by atoms with Crippen molar-refractivity contribution in [3.05, 3.63) is 60.4 Å². The number of rotatable bonds is 1. The number of hydrogen-bond donors (Lipinski definition) is 0. The molecule has 27 heavy (non-hydrogen) atoms. The van der Waals surface area contributed by atoms with Gasteiger partial charge >= 0.3 is 0 Å². The lowest BCUT2D eigenvalue weighted by atomic mass is 10.1. The van der Waals surface area contributed by atoms with Crippen LogP contribution in [0.15, 0.2) is 59.9 Å². The van der Waals surface area contributed by atoms with E-state index in [0.29, 0.717) is 0 Å². The highest BCUT2D eigenvalue weighted by Gasteiger charge is 2.26. The number of ether oxygens (including phenoxy) is 1. The summed E-state index contributed by atoms with van der Waals surface area (Å²) >= 11 is 0. The lowest BCUT2D eigenvalue weighted by Crippen LogP contribution is -2.49. The van der Waals surface area contributed by atoms with E-state index >= 15 is 0 Å². The molecule has 0 unspecified atom stereocenters. The van der Waals surface area contributed by atoms with E-state index in [1.807, 2.05) is 54.1 Å². The van der Waals surface area contributed by atoms with Crippen molar-refractivity contribution < 1.29 is 4.74 Å². The summed E-state index contributed by atoms with van der Waals surface area (Å²) in [5, 5.41) is 8.22. The van der Waals surface area contributed by atoms with Gasteiger partial charge < -0.3 is 19.1 Å². The van der Waals surface area contributed by atoms with Crippen LogP contribution in [0.3, 0.4) is 0 Å². The number of piperazine rings is 1. The van der Waals surface area contributed by atoms with Gasteiger partial charge in [0, 0.05) is 33.2 Å². The first kappa shape index (κ1) is 15.9. The van der Waals surface area contributed by atoms with Gasteiger partial charge in [0.05, 0.1) is 5.56 Å². The van der Waals surface area contributed by atoms with Gasteiger partial charge in [-0.05, 0) is 24.3 Å². The molecule has 0 radical (unpaired) electrons. The molecule has 7 heteroatoms. The maximum Gasteiger partial charge on any atom is 0.226 e. The molecule has 3 heterocycles. The van der Waals surface area contributed by atoms with Crippen LogP contribution in [0.2, 0.25) is 0 Å². The summed E-state index contributed by atoms with van der Waals surface area (Å²) in [6.45, 7) is 3.47. The molecule has 2 aromatic carbocycles. The molecule has 3 aromatic rings. The zero-order valence-corrected chi connectivity index (χ0v) is 15.1. The summed E-state index contributed by atoms with van der Waals surface area (Å²) in [6, 6.07) is 16.0. The Balaban J connectivity index is 1.47. The van der Waals surface area contributed by atoms with E-state index in [-0.39, 0.29) is 0 Å². The van der Waals surface area contributed by atoms with E-state index < -0.39 is 0 Å². The number of fused-ring (bicyclic) bond motifs is 2. The zero-order valence-electron chi connectivity index (χ0n) is 15.1. The third-order valence-corrected chi connectivity index (χ3v) is 4.99. The molecule has 136 valence electrons. The lowest BCUT2D eigenvalue weighted by Gasteiger charge is -2.36. The van der Waals surface area contributed by atoms with Gasteiger partial charge in [0.25, 0.3) is 0 Å². The normalized spacial score (nSPS) is 16.1. The minimum Gasteiger partial charge on any atom is -0.454 e. The van der Waals surface area contributed by atoms with Gasteiger partial charge in [0.1, 0.15) is 23.6 Å². The molecule has 1 saturated heterocycles. The fraction of sp³-hybridized carbons (Fsp3) is 0.250. The van der Waals surface area contributed by atoms with Crippen molar-refractivity contribution in [3.63, 3.8) is 0 Å². The number of aromatic nitrogens is 3. The molecule has 1 fully saturated rings. The van der Waals surface area contributed by atoms with Crippen LogP contribution >= 0.6 is 0 Å². The van der Waals surface area contributed by atoms with E-state index in [9.17, 15) is 0 Å². The Morgan fingerprint density at radius 1 is 0.852 bits per heavy atom. The molecule has 0 amide bonds. The fourth-order valence-corrected chi connectivity index (χ4v) is 3.59. The Morgan fingerprint density at radius 2 is 1.56 bits per heavy atom. The van der Waals surface area contributed by atoms with Crippen molar-refractivity contribution in [2.75, 3.05) is 31.1 Å². The maximum absolute atomic E-state index is 6.15. The van der Waals surface area contributed by atoms with Crippen LogP contribution in [0.5, 0.6) is 11.5 Å². The first-order valence-electron chi connectivity index (χ1n) is 9.08. The number of anilines is 1. The van der Waals surface area contributed by atoms with Crippen LogP contribution in [0.4, 0.5) is 11.6 Å². The lowest BCUT2D eigenvalue weighted by molar-refractivity contribution is 0.382. The predicted octanol–water partition coefficient (Wildman–Crippen LogP) is 2.82. The van der Waals surface area contributed by atoms with E-state index in [4.69, 9.17) is 9.73 Å². The third kappa shape index (κ3) is 2.81. The summed E-state index contributed by atoms with van der Waals surface area (Å²) < 4.78 is 8.10. The third-order valence-electron chi connectivity index (χ3n) is 4.99. The van der Waals surface area contributed by atoms with E-state index in [2.05, 4.69) is 26.1 Å². The minimum absolute atomic E-state index is 0.790. The molecular formula is C20H20N6O. The number of aryl methyl sites for hydroxylation is 1. The molecular weight excluding hydrogens is 340 g/mol. The maximum atomic E-state index is 6.15. The van der Waals surface area contributed by atoms with E-state index in [1.54, 1.807) is 6.33 Å². The van der Waals surface area contributed by atoms with Crippen molar-refractivity contribution in [2.24, 2.45) is 12.0 Å². The average molecular weight is 360 g/mol. The van der Waals surface area contributed by atoms with Crippen LogP contribution in [0.1, 0.15) is 5.56 Å². The SMILES string of the molecule is Cn1cnnc1N1CCN(C2=Nc3ccccc3Oc3ccccc32)CC1. The van der Waals surface area contributed by atoms with Crippen LogP contribution in [-0.4, -0.2) is 51.7 Å². The van der Waals surface area contributed by atoms with Crippen LogP contribution in [0.25, 0.3) is 0 Å². The summed E-state index contributed by atoms with van der Waals surface area (Å²) in [7, 11) is 1.97. The molecule has 1 aromatic heterocycles. The monoisotopic (exact) mass is 360 g/mol. The molecule has 0 bridgehead atoms. The first-order valence-corrected chi connectivity index (χ1v) is 9.08. The minimum atomic E-state index is 0.790. The van der Waals surface area contributed by atoms with Crippen molar-refractivity contribution in [2.45, 2.75) is 0 Å². The van der Waals surface area contributed by atoms with Gasteiger partial charge in [-0.3, -0.25) is 0 Å². The van der Waals surface area contributed by atoms with E-state index in [0.717, 1.165) is 60.7 Å². The Bertz CT molecular complexity index is 1000. The second kappa shape index (κ2) is 6.42. The number of benzene rings is 2. The van der Waals surface area contributed by atoms with Crippen molar-refractivity contribution in [1.82, 2.24) is 19.7 Å². The van der Waals surface area contributed by atoms with Crippen LogP contribution in [-0.2, 0) is 7.05 Å². The first-order chi connectivity index (χ1) is 13.3. The topological polar surface area (TPSA) is 58.8 Å². The van der Waals surface area contributed by atoms with Crippen molar-refractivity contribution in [1.29, 1.82) is 0 Å². The highest BCUT2D eigenvalue weighted by molar-refractivity contribution is 6.03. The second-order valence-corrected chi connectivity index (χ2v) is 6.72. The Hall–Kier alpha value is -3.35. The molecule has 0 spiro atoms. The summed E-state index contributed by atoms with van der Waals surface area (Å²) in [5.74, 6) is 3.51. The molecule has 7 nitrogen and oxygen atoms in total. The number of aliphatic imine (C=N–C) groups is 1. The molecule has 5 rings (SSSR count). The summed E-state index contributed by atoms with van der Waals surface area (Å²) in [6.07, 6.45) is 1.74. The van der Waals surface area contributed by atoms with Crippen molar-refractivity contribution in [3.8, 4) is 11.5 Å². The number of hydrogen-bond acceptors (Lipinski definition) is 6. The molecule has 0 aliphatic carbocycles. The largest absolute Gasteiger partial charge is 0.454 e. The van der Waals surface area contributed by atoms with Gasteiger partial charge in [-0.2, -0.15) is 0 Å². The highest BCUT2D eigenvalue weighted by atomic mass is 16.5. The molecule has 2 aliphatic heterocycles. The molecule has 0 atom stereocenters. The van der Waals surface area contributed by atoms with E-state index in [1.165, 1.54) is 0 Å². The van der Waals surface area contributed by atoms with Crippen molar-refractivity contribution >= 4 is 17.5 Å². The molecule has 0 N–H and O–H groups in total. The number of para-hydroxylation sites is 3. The average Bonchev–Trinajstić information content (AvgIpc) is 3.06. The Kier molecular flexibility index (Phi) is 3.78. The number of nitrogens with zero attached hydrogens (tertiary/aromatic N) is 6. The number of amidine groups is 1. The zero-order chi connectivity index (χ0) is 18.2. The van der Waals surface area contributed by atoms with Gasteiger partial charge in [-0.1, -0.05) is 24.3 Å². The van der Waals surface area contributed by atoms with Gasteiger partial charge in [-0.15, -0.1) is 10.2 Å². The molecule has 0 saturated carbocycles. The van der Waals surface area contributed by atoms with Gasteiger partial charge in [-0.25, -0.2) is 4.99 Å². The predicted molar refractivity (Wildman–Crippen MR) is 104 cm³/mol. The fourth-order valence-electron chi connectivity index (χ4n) is 3.59. The Morgan fingerprint density at radius 3 is 2.33 bits per heavy atom. The second-order valence-electron chi connectivity index (χ2n) is 6.72. The van der Waals surface area contributed by atoms with Crippen LogP contribution < -0.4 is 9.64 Å². The summed E-state index contributed by atoms with van der Waals surface area (Å²) in [4.78, 5) is 9.57. The quantitative estimate of drug-likeness (QED) is 0.668. The van der Waals surface area contributed by atoms with Crippen LogP contribution in [0, 0.1) is 0 Å². The summed E-state index contributed by atoms with van der Waals surface area (Å²) in [5.41, 5.74) is 1.89. The van der Waals surface area contributed by atoms with Gasteiger partial charge in [0.2, 0.25) is 5.95 Å². The smallest absolute Gasteiger partial charge is 0.226 e. The van der Waals surface area contributed by atoms with Gasteiger partial charge in [0.15, 0.2) is 5.75 Å². The Labute approximate surface area is 157 Å². The highest BCUT2D eigenvalue weighted by Crippen LogP contribution is 2.37. The standard InChI is InChI=1S/C20H20N6O/c1-24-14-21-23-20(24)26-12-10-25(11-13-26)19-15-6-2-4-8-17(15)27-18-9-5-3-7-16(18)22-19/h2-9,14H,10-13H2,1H3. The molecule has 2 aliphatic rings.